The molecule has 0 saturated heterocycles. The molecule has 37 heavy (non-hydrogen) atoms. The molecule has 0 aliphatic heterocycles. The van der Waals surface area contributed by atoms with E-state index in [4.69, 9.17) is 23.2 Å². The van der Waals surface area contributed by atoms with Crippen LogP contribution in [0.5, 0.6) is 5.75 Å². The molecule has 0 saturated carbocycles. The Kier molecular flexibility index (Phi) is 9.20. The molecule has 1 amide bonds. The number of rotatable bonds is 10. The summed E-state index contributed by atoms with van der Waals surface area (Å²) in [5.74, 6) is -2.07. The molecule has 2 atom stereocenters. The zero-order chi connectivity index (χ0) is 27.3. The third kappa shape index (κ3) is 7.69. The first kappa shape index (κ1) is 28.5. The summed E-state index contributed by atoms with van der Waals surface area (Å²) < 4.78 is 23.6. The van der Waals surface area contributed by atoms with Gasteiger partial charge in [0.2, 0.25) is 0 Å². The first-order valence-electron chi connectivity index (χ1n) is 11.1. The number of halogens is 2. The van der Waals surface area contributed by atoms with Crippen molar-refractivity contribution in [1.82, 2.24) is 5.32 Å². The second-order valence-corrected chi connectivity index (χ2v) is 11.4. The minimum absolute atomic E-state index is 0.00931. The van der Waals surface area contributed by atoms with Gasteiger partial charge in [0, 0.05) is 12.7 Å². The smallest absolute Gasteiger partial charge is 0.326 e. The topological polar surface area (TPSA) is 141 Å². The van der Waals surface area contributed by atoms with Gasteiger partial charge in [-0.05, 0) is 65.9 Å². The van der Waals surface area contributed by atoms with E-state index in [-0.39, 0.29) is 32.7 Å². The van der Waals surface area contributed by atoms with Crippen LogP contribution in [-0.2, 0) is 27.5 Å². The normalized spacial score (nSPS) is 13.1. The van der Waals surface area contributed by atoms with E-state index in [1.807, 2.05) is 0 Å². The van der Waals surface area contributed by atoms with Gasteiger partial charge in [0.15, 0.2) is 9.84 Å². The maximum Gasteiger partial charge on any atom is 0.326 e. The number of benzene rings is 3. The number of carboxylic acid groups (broad SMARTS) is 1. The highest BCUT2D eigenvalue weighted by molar-refractivity contribution is 7.90. The summed E-state index contributed by atoms with van der Waals surface area (Å²) >= 11 is 12.6. The van der Waals surface area contributed by atoms with Crippen LogP contribution in [0.25, 0.3) is 0 Å². The van der Waals surface area contributed by atoms with Crippen LogP contribution < -0.4 is 5.32 Å². The van der Waals surface area contributed by atoms with E-state index >= 15 is 0 Å². The second kappa shape index (κ2) is 12.0. The van der Waals surface area contributed by atoms with E-state index in [1.165, 1.54) is 42.5 Å². The number of aromatic hydroxyl groups is 1. The molecule has 3 aromatic carbocycles. The molecule has 0 spiro atoms. The second-order valence-electron chi connectivity index (χ2n) is 8.57. The van der Waals surface area contributed by atoms with Crippen LogP contribution in [0.2, 0.25) is 10.0 Å². The number of carbonyl (C=O) groups is 2. The molecule has 196 valence electrons. The molecule has 0 aliphatic carbocycles. The summed E-state index contributed by atoms with van der Waals surface area (Å²) in [7, 11) is -3.49. The fourth-order valence-electron chi connectivity index (χ4n) is 3.76. The van der Waals surface area contributed by atoms with E-state index in [1.54, 1.807) is 18.2 Å². The number of aliphatic hydroxyl groups excluding tert-OH is 1. The monoisotopic (exact) mass is 565 g/mol. The molecule has 0 fully saturated rings. The maximum atomic E-state index is 12.9. The van der Waals surface area contributed by atoms with Crippen molar-refractivity contribution in [2.24, 2.45) is 0 Å². The van der Waals surface area contributed by atoms with Crippen LogP contribution >= 0.6 is 23.2 Å². The number of amides is 1. The number of nitrogens with one attached hydrogen (secondary N) is 1. The first-order valence-corrected chi connectivity index (χ1v) is 13.8. The zero-order valence-corrected chi connectivity index (χ0v) is 22.0. The van der Waals surface area contributed by atoms with Crippen molar-refractivity contribution in [2.75, 3.05) is 6.26 Å². The quantitative estimate of drug-likeness (QED) is 0.288. The molecular weight excluding hydrogens is 541 g/mol. The lowest BCUT2D eigenvalue weighted by Gasteiger charge is -2.17. The van der Waals surface area contributed by atoms with Gasteiger partial charge in [-0.15, -0.1) is 0 Å². The molecule has 0 heterocycles. The molecule has 11 heteroatoms. The average Bonchev–Trinajstić information content (AvgIpc) is 2.81. The maximum absolute atomic E-state index is 12.9. The molecule has 0 aromatic heterocycles. The van der Waals surface area contributed by atoms with E-state index in [9.17, 15) is 33.3 Å². The van der Waals surface area contributed by atoms with Gasteiger partial charge in [0.05, 0.1) is 26.6 Å². The highest BCUT2D eigenvalue weighted by atomic mass is 35.5. The summed E-state index contributed by atoms with van der Waals surface area (Å²) in [6.45, 7) is 0. The molecule has 8 nitrogen and oxygen atoms in total. The van der Waals surface area contributed by atoms with Crippen molar-refractivity contribution < 1.29 is 33.3 Å². The Morgan fingerprint density at radius 1 is 0.973 bits per heavy atom. The van der Waals surface area contributed by atoms with Gasteiger partial charge in [-0.2, -0.15) is 0 Å². The fourth-order valence-corrected chi connectivity index (χ4v) is 5.15. The van der Waals surface area contributed by atoms with Crippen LogP contribution in [0.4, 0.5) is 0 Å². The molecule has 0 bridgehead atoms. The van der Waals surface area contributed by atoms with Crippen LogP contribution in [-0.4, -0.2) is 47.9 Å². The van der Waals surface area contributed by atoms with Gasteiger partial charge in [-0.3, -0.25) is 4.79 Å². The van der Waals surface area contributed by atoms with Gasteiger partial charge in [0.1, 0.15) is 11.8 Å². The predicted molar refractivity (Wildman–Crippen MR) is 140 cm³/mol. The zero-order valence-electron chi connectivity index (χ0n) is 19.7. The van der Waals surface area contributed by atoms with Gasteiger partial charge in [-0.25, -0.2) is 13.2 Å². The van der Waals surface area contributed by atoms with Crippen LogP contribution in [0.3, 0.4) is 0 Å². The highest BCUT2D eigenvalue weighted by Crippen LogP contribution is 2.29. The summed E-state index contributed by atoms with van der Waals surface area (Å²) in [6.07, 6.45) is 0.709. The number of sulfone groups is 1. The third-order valence-electron chi connectivity index (χ3n) is 5.66. The minimum Gasteiger partial charge on any atom is -0.508 e. The summed E-state index contributed by atoms with van der Waals surface area (Å²) in [4.78, 5) is 24.8. The number of aliphatic hydroxyl groups is 1. The number of aliphatic carboxylic acids is 1. The SMILES string of the molecule is CS(=O)(=O)c1cccc(CC(NC(=O)c2c(Cl)cc(CCC(O)c3cccc(O)c3)cc2Cl)C(=O)O)c1. The number of hydrogen-bond acceptors (Lipinski definition) is 6. The lowest BCUT2D eigenvalue weighted by molar-refractivity contribution is -0.139. The Labute approximate surface area is 224 Å². The molecule has 3 aromatic rings. The molecule has 0 aliphatic rings. The highest BCUT2D eigenvalue weighted by Gasteiger charge is 2.25. The van der Waals surface area contributed by atoms with Crippen molar-refractivity contribution >= 4 is 44.9 Å². The predicted octanol–water partition coefficient (Wildman–Crippen LogP) is 4.19. The minimum atomic E-state index is -3.49. The average molecular weight is 566 g/mol. The largest absolute Gasteiger partial charge is 0.508 e. The lowest BCUT2D eigenvalue weighted by atomic mass is 10.00. The van der Waals surface area contributed by atoms with Crippen LogP contribution in [0, 0.1) is 0 Å². The molecule has 2 unspecified atom stereocenters. The molecular formula is C26H25Cl2NO7S. The summed E-state index contributed by atoms with van der Waals surface area (Å²) in [5, 5.41) is 32.0. The Balaban J connectivity index is 1.72. The lowest BCUT2D eigenvalue weighted by Crippen LogP contribution is -2.42. The summed E-state index contributed by atoms with van der Waals surface area (Å²) in [5.41, 5.74) is 1.51. The number of phenols is 1. The first-order chi connectivity index (χ1) is 17.3. The number of aryl methyl sites for hydroxylation is 1. The van der Waals surface area contributed by atoms with Gasteiger partial charge >= 0.3 is 5.97 Å². The van der Waals surface area contributed by atoms with E-state index in [0.29, 0.717) is 29.5 Å². The standard InChI is InChI=1S/C26H25Cl2NO7S/c1-37(35,36)19-7-2-4-15(10-19)13-22(26(33)34)29-25(32)24-20(27)11-16(12-21(24)28)8-9-23(31)17-5-3-6-18(30)14-17/h2-7,10-12,14,22-23,30-31H,8-9,13H2,1H3,(H,29,32)(H,33,34). The Bertz CT molecular complexity index is 1400. The van der Waals surface area contributed by atoms with Crippen LogP contribution in [0.15, 0.2) is 65.6 Å². The van der Waals surface area contributed by atoms with Gasteiger partial charge in [0.25, 0.3) is 5.91 Å². The molecule has 0 radical (unpaired) electrons. The van der Waals surface area contributed by atoms with E-state index < -0.39 is 33.9 Å². The Hall–Kier alpha value is -3.11. The van der Waals surface area contributed by atoms with Crippen molar-refractivity contribution in [3.05, 3.63) is 93.0 Å². The molecule has 3 rings (SSSR count). The number of carboxylic acids is 1. The van der Waals surface area contributed by atoms with Crippen molar-refractivity contribution in [2.45, 2.75) is 36.3 Å². The number of phenolic OH excluding ortho intramolecular Hbond substituents is 1. The van der Waals surface area contributed by atoms with Crippen molar-refractivity contribution in [3.63, 3.8) is 0 Å². The Morgan fingerprint density at radius 3 is 2.22 bits per heavy atom. The number of hydrogen-bond donors (Lipinski definition) is 4. The third-order valence-corrected chi connectivity index (χ3v) is 7.37. The van der Waals surface area contributed by atoms with E-state index in [0.717, 1.165) is 6.26 Å². The fraction of sp³-hybridized carbons (Fsp3) is 0.231. The molecule has 4 N–H and O–H groups in total. The Morgan fingerprint density at radius 2 is 1.62 bits per heavy atom. The van der Waals surface area contributed by atoms with E-state index in [2.05, 4.69) is 5.32 Å². The van der Waals surface area contributed by atoms with Crippen molar-refractivity contribution in [3.8, 4) is 5.75 Å². The van der Waals surface area contributed by atoms with Crippen molar-refractivity contribution in [1.29, 1.82) is 0 Å². The summed E-state index contributed by atoms with van der Waals surface area (Å²) in [6, 6.07) is 13.8. The van der Waals surface area contributed by atoms with Gasteiger partial charge < -0.3 is 20.6 Å². The van der Waals surface area contributed by atoms with Gasteiger partial charge in [-0.1, -0.05) is 47.5 Å². The number of carbonyl (C=O) groups excluding carboxylic acids is 1. The van der Waals surface area contributed by atoms with Crippen LogP contribution in [0.1, 0.15) is 39.6 Å².